The molecule has 0 spiro atoms. The molecule has 0 saturated carbocycles. The molecule has 0 aliphatic carbocycles. The van der Waals surface area contributed by atoms with E-state index in [0.717, 1.165) is 12.8 Å². The van der Waals surface area contributed by atoms with Crippen molar-refractivity contribution >= 4 is 5.91 Å². The van der Waals surface area contributed by atoms with Crippen LogP contribution in [0.5, 0.6) is 0 Å². The number of amides is 1. The van der Waals surface area contributed by atoms with Gasteiger partial charge in [-0.15, -0.1) is 0 Å². The van der Waals surface area contributed by atoms with E-state index >= 15 is 0 Å². The fraction of sp³-hybridized carbons (Fsp3) is 0.538. The maximum Gasteiger partial charge on any atom is 0.340 e. The van der Waals surface area contributed by atoms with Gasteiger partial charge in [-0.1, -0.05) is 0 Å². The average Bonchev–Trinajstić information content (AvgIpc) is 3.15. The van der Waals surface area contributed by atoms with Gasteiger partial charge in [0.15, 0.2) is 0 Å². The summed E-state index contributed by atoms with van der Waals surface area (Å²) >= 11 is 0. The molecule has 2 aromatic rings. The van der Waals surface area contributed by atoms with Crippen LogP contribution >= 0.6 is 0 Å². The molecule has 0 aromatic carbocycles. The van der Waals surface area contributed by atoms with E-state index in [2.05, 4.69) is 20.3 Å². The molecule has 3 rings (SSSR count). The Morgan fingerprint density at radius 3 is 2.81 bits per heavy atom. The van der Waals surface area contributed by atoms with Crippen LogP contribution in [0.15, 0.2) is 17.1 Å². The summed E-state index contributed by atoms with van der Waals surface area (Å²) in [4.78, 5) is 28.1. The Hall–Kier alpha value is -2.38. The van der Waals surface area contributed by atoms with Crippen molar-refractivity contribution in [1.29, 1.82) is 0 Å². The van der Waals surface area contributed by atoms with E-state index in [4.69, 9.17) is 0 Å². The molecule has 8 nitrogen and oxygen atoms in total. The molecule has 2 aromatic heterocycles. The Labute approximate surface area is 121 Å². The summed E-state index contributed by atoms with van der Waals surface area (Å²) in [6, 6.07) is 1.75. The predicted molar refractivity (Wildman–Crippen MR) is 75.0 cm³/mol. The number of rotatable bonds is 3. The maximum absolute atomic E-state index is 12.5. The number of nitrogens with zero attached hydrogens (tertiary/aromatic N) is 4. The lowest BCUT2D eigenvalue weighted by atomic mass is 9.96. The van der Waals surface area contributed by atoms with Crippen LogP contribution < -0.4 is 5.69 Å². The molecule has 21 heavy (non-hydrogen) atoms. The Kier molecular flexibility index (Phi) is 3.59. The molecule has 2 N–H and O–H groups in total. The van der Waals surface area contributed by atoms with Crippen molar-refractivity contribution in [1.82, 2.24) is 29.9 Å². The van der Waals surface area contributed by atoms with Crippen LogP contribution in [0.3, 0.4) is 0 Å². The van der Waals surface area contributed by atoms with Crippen molar-refractivity contribution in [2.24, 2.45) is 0 Å². The van der Waals surface area contributed by atoms with Crippen LogP contribution in [0, 0.1) is 0 Å². The summed E-state index contributed by atoms with van der Waals surface area (Å²) in [6.07, 6.45) is 3.25. The standard InChI is InChI=1S/C13H18N6O2/c1-2-19-10(3-6-14-19)12(20)18-7-4-9(5-8-18)11-15-13(21)17-16-11/h3,6,9H,2,4-5,7-8H2,1H3,(H2,15,16,17,21). The number of hydrogen-bond donors (Lipinski definition) is 2. The summed E-state index contributed by atoms with van der Waals surface area (Å²) < 4.78 is 1.71. The van der Waals surface area contributed by atoms with Crippen LogP contribution in [0.1, 0.15) is 42.0 Å². The van der Waals surface area contributed by atoms with E-state index in [9.17, 15) is 9.59 Å². The van der Waals surface area contributed by atoms with Crippen molar-refractivity contribution in [3.8, 4) is 0 Å². The SMILES string of the molecule is CCn1nccc1C(=O)N1CCC(c2n[nH]c(=O)[nH]2)CC1. The largest absolute Gasteiger partial charge is 0.340 e. The topological polar surface area (TPSA) is 99.7 Å². The number of aryl methyl sites for hydroxylation is 1. The minimum Gasteiger partial charge on any atom is -0.337 e. The van der Waals surface area contributed by atoms with Crippen LogP contribution in [0.4, 0.5) is 0 Å². The molecule has 0 bridgehead atoms. The van der Waals surface area contributed by atoms with Gasteiger partial charge in [-0.2, -0.15) is 10.2 Å². The molecule has 0 radical (unpaired) electrons. The third-order valence-corrected chi connectivity index (χ3v) is 3.92. The molecule has 0 atom stereocenters. The second kappa shape index (κ2) is 5.55. The van der Waals surface area contributed by atoms with E-state index in [0.29, 0.717) is 31.2 Å². The normalized spacial score (nSPS) is 16.3. The Bertz CT molecular complexity index is 677. The lowest BCUT2D eigenvalue weighted by Gasteiger charge is -2.30. The van der Waals surface area contributed by atoms with E-state index in [1.54, 1.807) is 16.9 Å². The van der Waals surface area contributed by atoms with Gasteiger partial charge in [-0.05, 0) is 25.8 Å². The maximum atomic E-state index is 12.5. The summed E-state index contributed by atoms with van der Waals surface area (Å²) in [7, 11) is 0. The molecule has 1 aliphatic rings. The van der Waals surface area contributed by atoms with Crippen molar-refractivity contribution < 1.29 is 4.79 Å². The van der Waals surface area contributed by atoms with E-state index in [1.165, 1.54) is 0 Å². The summed E-state index contributed by atoms with van der Waals surface area (Å²) in [5, 5.41) is 10.5. The van der Waals surface area contributed by atoms with Crippen molar-refractivity contribution in [2.75, 3.05) is 13.1 Å². The molecule has 0 unspecified atom stereocenters. The van der Waals surface area contributed by atoms with Gasteiger partial charge in [-0.25, -0.2) is 9.89 Å². The highest BCUT2D eigenvalue weighted by atomic mass is 16.2. The Morgan fingerprint density at radius 1 is 1.43 bits per heavy atom. The number of piperidine rings is 1. The monoisotopic (exact) mass is 290 g/mol. The zero-order chi connectivity index (χ0) is 14.8. The number of nitrogens with one attached hydrogen (secondary N) is 2. The van der Waals surface area contributed by atoms with Crippen LogP contribution in [-0.4, -0.2) is 48.9 Å². The number of H-pyrrole nitrogens is 2. The summed E-state index contributed by atoms with van der Waals surface area (Å²) in [5.74, 6) is 0.901. The number of likely N-dealkylation sites (tertiary alicyclic amines) is 1. The van der Waals surface area contributed by atoms with Gasteiger partial charge in [0.2, 0.25) is 0 Å². The fourth-order valence-electron chi connectivity index (χ4n) is 2.76. The molecule has 1 amide bonds. The lowest BCUT2D eigenvalue weighted by Crippen LogP contribution is -2.39. The first-order chi connectivity index (χ1) is 10.2. The van der Waals surface area contributed by atoms with Crippen LogP contribution in [-0.2, 0) is 6.54 Å². The summed E-state index contributed by atoms with van der Waals surface area (Å²) in [6.45, 7) is 3.96. The Balaban J connectivity index is 1.65. The second-order valence-electron chi connectivity index (χ2n) is 5.16. The minimum absolute atomic E-state index is 0.0170. The van der Waals surface area contributed by atoms with E-state index in [1.807, 2.05) is 11.8 Å². The average molecular weight is 290 g/mol. The lowest BCUT2D eigenvalue weighted by molar-refractivity contribution is 0.0698. The number of aromatic amines is 2. The molecule has 3 heterocycles. The minimum atomic E-state index is -0.282. The van der Waals surface area contributed by atoms with Crippen molar-refractivity contribution in [3.05, 3.63) is 34.3 Å². The molecule has 1 fully saturated rings. The Morgan fingerprint density at radius 2 is 2.19 bits per heavy atom. The van der Waals surface area contributed by atoms with Crippen molar-refractivity contribution in [2.45, 2.75) is 32.2 Å². The van der Waals surface area contributed by atoms with E-state index < -0.39 is 0 Å². The smallest absolute Gasteiger partial charge is 0.337 e. The van der Waals surface area contributed by atoms with E-state index in [-0.39, 0.29) is 17.5 Å². The highest BCUT2D eigenvalue weighted by Gasteiger charge is 2.27. The van der Waals surface area contributed by atoms with Gasteiger partial charge < -0.3 is 4.90 Å². The van der Waals surface area contributed by atoms with Crippen molar-refractivity contribution in [3.63, 3.8) is 0 Å². The second-order valence-corrected chi connectivity index (χ2v) is 5.16. The summed E-state index contributed by atoms with van der Waals surface area (Å²) in [5.41, 5.74) is 0.347. The highest BCUT2D eigenvalue weighted by Crippen LogP contribution is 2.25. The van der Waals surface area contributed by atoms with Gasteiger partial charge >= 0.3 is 5.69 Å². The predicted octanol–water partition coefficient (Wildman–Crippen LogP) is 0.334. The first-order valence-electron chi connectivity index (χ1n) is 7.14. The third-order valence-electron chi connectivity index (χ3n) is 3.92. The molecular weight excluding hydrogens is 272 g/mol. The fourth-order valence-corrected chi connectivity index (χ4v) is 2.76. The van der Waals surface area contributed by atoms with Gasteiger partial charge in [0.05, 0.1) is 0 Å². The number of carbonyl (C=O) groups is 1. The van der Waals surface area contributed by atoms with Gasteiger partial charge in [-0.3, -0.25) is 14.5 Å². The number of carbonyl (C=O) groups excluding carboxylic acids is 1. The van der Waals surface area contributed by atoms with Crippen LogP contribution in [0.25, 0.3) is 0 Å². The van der Waals surface area contributed by atoms with Crippen LogP contribution in [0.2, 0.25) is 0 Å². The zero-order valence-corrected chi connectivity index (χ0v) is 11.9. The molecule has 1 aliphatic heterocycles. The van der Waals surface area contributed by atoms with Gasteiger partial charge in [0.1, 0.15) is 11.5 Å². The molecule has 112 valence electrons. The zero-order valence-electron chi connectivity index (χ0n) is 11.9. The third kappa shape index (κ3) is 2.61. The molecule has 8 heteroatoms. The first-order valence-corrected chi connectivity index (χ1v) is 7.14. The molecule has 1 saturated heterocycles. The number of hydrogen-bond acceptors (Lipinski definition) is 4. The van der Waals surface area contributed by atoms with Gasteiger partial charge in [0, 0.05) is 31.7 Å². The van der Waals surface area contributed by atoms with Gasteiger partial charge in [0.25, 0.3) is 5.91 Å². The highest BCUT2D eigenvalue weighted by molar-refractivity contribution is 5.92. The number of aromatic nitrogens is 5. The molecular formula is C13H18N6O2. The first kappa shape index (κ1) is 13.6. The quantitative estimate of drug-likeness (QED) is 0.851.